The van der Waals surface area contributed by atoms with Crippen LogP contribution in [0.15, 0.2) is 4.99 Å². The Balaban J connectivity index is 3.42. The van der Waals surface area contributed by atoms with Crippen LogP contribution >= 0.6 is 0 Å². The molecule has 0 aliphatic carbocycles. The fourth-order valence-corrected chi connectivity index (χ4v) is 0.842. The van der Waals surface area contributed by atoms with E-state index in [0.717, 1.165) is 19.5 Å². The summed E-state index contributed by atoms with van der Waals surface area (Å²) in [5.41, 5.74) is 0. The van der Waals surface area contributed by atoms with Gasteiger partial charge in [-0.2, -0.15) is 0 Å². The second kappa shape index (κ2) is 7.10. The number of hydrogen-bond donors (Lipinski definition) is 1. The van der Waals surface area contributed by atoms with Crippen molar-refractivity contribution >= 4 is 6.34 Å². The molecular weight excluding hydrogens is 150 g/mol. The lowest BCUT2D eigenvalue weighted by Crippen LogP contribution is -2.21. The fraction of sp³-hybridized carbons (Fsp3) is 0.889. The molecule has 0 bridgehead atoms. The largest absolute Gasteiger partial charge is 0.380 e. The molecule has 1 N–H and O–H groups in total. The maximum absolute atomic E-state index is 4.29. The highest BCUT2D eigenvalue weighted by molar-refractivity contribution is 5.53. The van der Waals surface area contributed by atoms with Crippen LogP contribution in [0.3, 0.4) is 0 Å². The van der Waals surface area contributed by atoms with Gasteiger partial charge in [-0.3, -0.25) is 4.99 Å². The van der Waals surface area contributed by atoms with Gasteiger partial charge in [0.2, 0.25) is 0 Å². The van der Waals surface area contributed by atoms with E-state index >= 15 is 0 Å². The van der Waals surface area contributed by atoms with Gasteiger partial charge in [0.05, 0.1) is 12.4 Å². The molecule has 0 heterocycles. The van der Waals surface area contributed by atoms with Crippen LogP contribution in [0.2, 0.25) is 0 Å². The first-order valence-corrected chi connectivity index (χ1v) is 4.58. The van der Waals surface area contributed by atoms with Crippen LogP contribution in [0.1, 0.15) is 20.3 Å². The molecule has 3 nitrogen and oxygen atoms in total. The first-order chi connectivity index (χ1) is 5.70. The molecule has 72 valence electrons. The van der Waals surface area contributed by atoms with Gasteiger partial charge in [0.1, 0.15) is 0 Å². The molecule has 12 heavy (non-hydrogen) atoms. The molecule has 0 aliphatic heterocycles. The van der Waals surface area contributed by atoms with Crippen molar-refractivity contribution in [2.75, 3.05) is 27.2 Å². The van der Waals surface area contributed by atoms with Crippen LogP contribution in [-0.4, -0.2) is 44.5 Å². The predicted molar refractivity (Wildman–Crippen MR) is 54.8 cm³/mol. The van der Waals surface area contributed by atoms with Crippen molar-refractivity contribution in [1.29, 1.82) is 0 Å². The van der Waals surface area contributed by atoms with E-state index in [1.807, 2.05) is 7.05 Å². The zero-order valence-electron chi connectivity index (χ0n) is 8.67. The highest BCUT2D eigenvalue weighted by Gasteiger charge is 1.99. The van der Waals surface area contributed by atoms with Crippen molar-refractivity contribution in [1.82, 2.24) is 10.2 Å². The molecule has 0 saturated heterocycles. The number of rotatable bonds is 6. The molecular formula is C9H21N3. The minimum atomic E-state index is 0.423. The Morgan fingerprint density at radius 3 is 2.75 bits per heavy atom. The van der Waals surface area contributed by atoms with Crippen molar-refractivity contribution in [3.8, 4) is 0 Å². The summed E-state index contributed by atoms with van der Waals surface area (Å²) in [5, 5.41) is 2.89. The lowest BCUT2D eigenvalue weighted by molar-refractivity contribution is 0.338. The lowest BCUT2D eigenvalue weighted by Gasteiger charge is -2.14. The van der Waals surface area contributed by atoms with Gasteiger partial charge < -0.3 is 10.2 Å². The molecule has 0 saturated carbocycles. The first kappa shape index (κ1) is 11.4. The minimum absolute atomic E-state index is 0.423. The third-order valence-corrected chi connectivity index (χ3v) is 1.93. The zero-order valence-corrected chi connectivity index (χ0v) is 8.67. The van der Waals surface area contributed by atoms with Gasteiger partial charge in [-0.25, -0.2) is 0 Å². The Morgan fingerprint density at radius 1 is 1.58 bits per heavy atom. The summed E-state index contributed by atoms with van der Waals surface area (Å²) in [6.45, 7) is 6.54. The third kappa shape index (κ3) is 6.16. The highest BCUT2D eigenvalue weighted by Crippen LogP contribution is 1.96. The summed E-state index contributed by atoms with van der Waals surface area (Å²) in [6.07, 6.45) is 2.89. The van der Waals surface area contributed by atoms with E-state index in [1.165, 1.54) is 0 Å². The summed E-state index contributed by atoms with van der Waals surface area (Å²) in [4.78, 5) is 6.58. The Morgan fingerprint density at radius 2 is 2.25 bits per heavy atom. The second-order valence-corrected chi connectivity index (χ2v) is 3.10. The van der Waals surface area contributed by atoms with Crippen LogP contribution < -0.4 is 5.32 Å². The van der Waals surface area contributed by atoms with E-state index < -0.39 is 0 Å². The van der Waals surface area contributed by atoms with Gasteiger partial charge in [-0.1, -0.05) is 6.92 Å². The molecule has 0 aromatic rings. The number of hydrogen-bond acceptors (Lipinski definition) is 2. The second-order valence-electron chi connectivity index (χ2n) is 3.10. The molecule has 3 heteroatoms. The number of aliphatic imine (C=N–C) groups is 1. The van der Waals surface area contributed by atoms with Crippen molar-refractivity contribution in [3.63, 3.8) is 0 Å². The quantitative estimate of drug-likeness (QED) is 0.476. The summed E-state index contributed by atoms with van der Waals surface area (Å²) in [7, 11) is 4.00. The average Bonchev–Trinajstić information content (AvgIpc) is 2.10. The summed E-state index contributed by atoms with van der Waals surface area (Å²) in [6, 6.07) is 0.423. The SMILES string of the molecule is CCN(C)CCC(C)/N=C/NC. The topological polar surface area (TPSA) is 27.6 Å². The normalized spacial score (nSPS) is 14.1. The van der Waals surface area contributed by atoms with E-state index in [4.69, 9.17) is 0 Å². The molecule has 1 atom stereocenters. The van der Waals surface area contributed by atoms with Crippen LogP contribution in [-0.2, 0) is 0 Å². The highest BCUT2D eigenvalue weighted by atomic mass is 15.1. The van der Waals surface area contributed by atoms with E-state index in [-0.39, 0.29) is 0 Å². The van der Waals surface area contributed by atoms with Gasteiger partial charge in [0.15, 0.2) is 0 Å². The molecule has 1 unspecified atom stereocenters. The van der Waals surface area contributed by atoms with E-state index in [2.05, 4.69) is 36.1 Å². The molecule has 0 rings (SSSR count). The Bertz CT molecular complexity index is 123. The number of nitrogens with zero attached hydrogens (tertiary/aromatic N) is 2. The Labute approximate surface area is 75.9 Å². The van der Waals surface area contributed by atoms with Crippen LogP contribution in [0, 0.1) is 0 Å². The van der Waals surface area contributed by atoms with Gasteiger partial charge >= 0.3 is 0 Å². The molecule has 0 amide bonds. The van der Waals surface area contributed by atoms with Crippen molar-refractivity contribution in [2.45, 2.75) is 26.3 Å². The van der Waals surface area contributed by atoms with E-state index in [9.17, 15) is 0 Å². The molecule has 0 aromatic heterocycles. The monoisotopic (exact) mass is 171 g/mol. The average molecular weight is 171 g/mol. The Kier molecular flexibility index (Phi) is 6.76. The van der Waals surface area contributed by atoms with Gasteiger partial charge in [-0.15, -0.1) is 0 Å². The van der Waals surface area contributed by atoms with Crippen LogP contribution in [0.4, 0.5) is 0 Å². The molecule has 0 radical (unpaired) electrons. The molecule has 0 spiro atoms. The smallest absolute Gasteiger partial charge is 0.0824 e. The molecule has 0 fully saturated rings. The van der Waals surface area contributed by atoms with Crippen molar-refractivity contribution < 1.29 is 0 Å². The van der Waals surface area contributed by atoms with Crippen LogP contribution in [0.5, 0.6) is 0 Å². The Hall–Kier alpha value is -0.570. The van der Waals surface area contributed by atoms with Crippen molar-refractivity contribution in [3.05, 3.63) is 0 Å². The van der Waals surface area contributed by atoms with Crippen LogP contribution in [0.25, 0.3) is 0 Å². The standard InChI is InChI=1S/C9H21N3/c1-5-12(4)7-6-9(2)11-8-10-3/h8-9H,5-7H2,1-4H3,(H,10,11). The molecule has 0 aliphatic rings. The third-order valence-electron chi connectivity index (χ3n) is 1.93. The summed E-state index contributed by atoms with van der Waals surface area (Å²) < 4.78 is 0. The van der Waals surface area contributed by atoms with Gasteiger partial charge in [-0.05, 0) is 33.5 Å². The van der Waals surface area contributed by atoms with Gasteiger partial charge in [0.25, 0.3) is 0 Å². The minimum Gasteiger partial charge on any atom is -0.380 e. The zero-order chi connectivity index (χ0) is 9.40. The first-order valence-electron chi connectivity index (χ1n) is 4.58. The predicted octanol–water partition coefficient (Wildman–Crippen LogP) is 0.964. The van der Waals surface area contributed by atoms with Crippen molar-refractivity contribution in [2.24, 2.45) is 4.99 Å². The summed E-state index contributed by atoms with van der Waals surface area (Å²) >= 11 is 0. The maximum atomic E-state index is 4.29. The maximum Gasteiger partial charge on any atom is 0.0824 e. The fourth-order valence-electron chi connectivity index (χ4n) is 0.842. The number of nitrogens with one attached hydrogen (secondary N) is 1. The van der Waals surface area contributed by atoms with E-state index in [0.29, 0.717) is 6.04 Å². The molecule has 0 aromatic carbocycles. The summed E-state index contributed by atoms with van der Waals surface area (Å²) in [5.74, 6) is 0. The van der Waals surface area contributed by atoms with E-state index in [1.54, 1.807) is 6.34 Å². The van der Waals surface area contributed by atoms with Gasteiger partial charge in [0, 0.05) is 7.05 Å². The lowest BCUT2D eigenvalue weighted by atomic mass is 10.2.